The lowest BCUT2D eigenvalue weighted by molar-refractivity contribution is 0.142. The Morgan fingerprint density at radius 2 is 1.75 bits per heavy atom. The van der Waals surface area contributed by atoms with Crippen LogP contribution in [0.15, 0.2) is 24.3 Å². The first-order valence-electron chi connectivity index (χ1n) is 7.33. The third-order valence-electron chi connectivity index (χ3n) is 3.50. The zero-order valence-corrected chi connectivity index (χ0v) is 13.6. The molecule has 0 fully saturated rings. The first kappa shape index (κ1) is 17.4. The second kappa shape index (κ2) is 9.35. The molecule has 4 heteroatoms. The van der Waals surface area contributed by atoms with Crippen molar-refractivity contribution >= 4 is 11.6 Å². The SMILES string of the molecule is CCN(CCCN(C)C)CCC(O)c1ccc(Cl)cc1. The Bertz CT molecular complexity index is 367. The average molecular weight is 299 g/mol. The van der Waals surface area contributed by atoms with Gasteiger partial charge in [-0.3, -0.25) is 0 Å². The summed E-state index contributed by atoms with van der Waals surface area (Å²) >= 11 is 5.86. The zero-order chi connectivity index (χ0) is 15.0. The van der Waals surface area contributed by atoms with E-state index >= 15 is 0 Å². The number of hydrogen-bond donors (Lipinski definition) is 1. The highest BCUT2D eigenvalue weighted by atomic mass is 35.5. The van der Waals surface area contributed by atoms with Gasteiger partial charge in [0.15, 0.2) is 0 Å². The van der Waals surface area contributed by atoms with Gasteiger partial charge in [0.25, 0.3) is 0 Å². The second-order valence-corrected chi connectivity index (χ2v) is 5.88. The fourth-order valence-electron chi connectivity index (χ4n) is 2.20. The quantitative estimate of drug-likeness (QED) is 0.759. The Kier molecular flexibility index (Phi) is 8.15. The van der Waals surface area contributed by atoms with Gasteiger partial charge in [-0.15, -0.1) is 0 Å². The van der Waals surface area contributed by atoms with Crippen LogP contribution in [0, 0.1) is 0 Å². The summed E-state index contributed by atoms with van der Waals surface area (Å²) in [4.78, 5) is 4.60. The summed E-state index contributed by atoms with van der Waals surface area (Å²) in [5.41, 5.74) is 0.943. The van der Waals surface area contributed by atoms with E-state index in [1.54, 1.807) is 0 Å². The second-order valence-electron chi connectivity index (χ2n) is 5.45. The van der Waals surface area contributed by atoms with Crippen LogP contribution in [0.4, 0.5) is 0 Å². The van der Waals surface area contributed by atoms with E-state index in [4.69, 9.17) is 11.6 Å². The maximum Gasteiger partial charge on any atom is 0.0802 e. The highest BCUT2D eigenvalue weighted by molar-refractivity contribution is 6.30. The summed E-state index contributed by atoms with van der Waals surface area (Å²) in [7, 11) is 4.20. The predicted molar refractivity (Wildman–Crippen MR) is 86.3 cm³/mol. The lowest BCUT2D eigenvalue weighted by Gasteiger charge is -2.23. The van der Waals surface area contributed by atoms with Gasteiger partial charge in [0.05, 0.1) is 6.10 Å². The third kappa shape index (κ3) is 6.71. The first-order chi connectivity index (χ1) is 9.52. The van der Waals surface area contributed by atoms with Gasteiger partial charge in [0.1, 0.15) is 0 Å². The summed E-state index contributed by atoms with van der Waals surface area (Å²) < 4.78 is 0. The van der Waals surface area contributed by atoms with Gasteiger partial charge in [0, 0.05) is 11.6 Å². The van der Waals surface area contributed by atoms with E-state index in [-0.39, 0.29) is 0 Å². The van der Waals surface area contributed by atoms with Crippen LogP contribution < -0.4 is 0 Å². The normalized spacial score (nSPS) is 13.2. The Morgan fingerprint density at radius 1 is 1.10 bits per heavy atom. The maximum atomic E-state index is 10.2. The van der Waals surface area contributed by atoms with Crippen molar-refractivity contribution in [2.45, 2.75) is 25.9 Å². The van der Waals surface area contributed by atoms with E-state index < -0.39 is 6.10 Å². The molecule has 0 aromatic heterocycles. The summed E-state index contributed by atoms with van der Waals surface area (Å²) in [6.07, 6.45) is 1.52. The molecule has 1 N–H and O–H groups in total. The summed E-state index contributed by atoms with van der Waals surface area (Å²) in [5, 5.41) is 10.9. The fraction of sp³-hybridized carbons (Fsp3) is 0.625. The number of benzene rings is 1. The van der Waals surface area contributed by atoms with Gasteiger partial charge in [-0.2, -0.15) is 0 Å². The van der Waals surface area contributed by atoms with Gasteiger partial charge in [-0.1, -0.05) is 30.7 Å². The molecule has 0 amide bonds. The molecule has 0 heterocycles. The molecular formula is C16H27ClN2O. The maximum absolute atomic E-state index is 10.2. The Labute approximate surface area is 128 Å². The van der Waals surface area contributed by atoms with Crippen molar-refractivity contribution in [1.29, 1.82) is 0 Å². The molecule has 0 radical (unpaired) electrons. The number of aliphatic hydroxyl groups is 1. The van der Waals surface area contributed by atoms with Gasteiger partial charge in [0.2, 0.25) is 0 Å². The van der Waals surface area contributed by atoms with E-state index in [1.165, 1.54) is 0 Å². The van der Waals surface area contributed by atoms with Crippen LogP contribution in [0.1, 0.15) is 31.4 Å². The average Bonchev–Trinajstić information content (AvgIpc) is 2.42. The highest BCUT2D eigenvalue weighted by Crippen LogP contribution is 2.19. The van der Waals surface area contributed by atoms with E-state index in [0.29, 0.717) is 5.02 Å². The van der Waals surface area contributed by atoms with Crippen LogP contribution in [-0.4, -0.2) is 55.2 Å². The minimum atomic E-state index is -0.407. The lowest BCUT2D eigenvalue weighted by Crippen LogP contribution is -2.29. The van der Waals surface area contributed by atoms with E-state index in [1.807, 2.05) is 24.3 Å². The summed E-state index contributed by atoms with van der Waals surface area (Å²) in [6.45, 7) is 6.32. The molecule has 3 nitrogen and oxygen atoms in total. The van der Waals surface area contributed by atoms with E-state index in [0.717, 1.165) is 44.6 Å². The van der Waals surface area contributed by atoms with Crippen molar-refractivity contribution in [3.63, 3.8) is 0 Å². The van der Waals surface area contributed by atoms with Crippen LogP contribution in [-0.2, 0) is 0 Å². The molecule has 20 heavy (non-hydrogen) atoms. The molecule has 0 saturated carbocycles. The molecule has 1 aromatic rings. The molecule has 0 aliphatic rings. The molecule has 114 valence electrons. The van der Waals surface area contributed by atoms with Crippen molar-refractivity contribution < 1.29 is 5.11 Å². The molecule has 0 spiro atoms. The largest absolute Gasteiger partial charge is 0.388 e. The number of nitrogens with zero attached hydrogens (tertiary/aromatic N) is 2. The molecule has 1 aromatic carbocycles. The first-order valence-corrected chi connectivity index (χ1v) is 7.71. The molecule has 0 saturated heterocycles. The number of aliphatic hydroxyl groups excluding tert-OH is 1. The topological polar surface area (TPSA) is 26.7 Å². The molecule has 0 aliphatic carbocycles. The highest BCUT2D eigenvalue weighted by Gasteiger charge is 2.10. The van der Waals surface area contributed by atoms with Crippen LogP contribution in [0.5, 0.6) is 0 Å². The Balaban J connectivity index is 2.33. The molecule has 1 unspecified atom stereocenters. The van der Waals surface area contributed by atoms with Gasteiger partial charge in [-0.05, 0) is 64.3 Å². The van der Waals surface area contributed by atoms with Crippen LogP contribution in [0.25, 0.3) is 0 Å². The van der Waals surface area contributed by atoms with Gasteiger partial charge < -0.3 is 14.9 Å². The van der Waals surface area contributed by atoms with Crippen LogP contribution in [0.2, 0.25) is 5.02 Å². The number of hydrogen-bond acceptors (Lipinski definition) is 3. The van der Waals surface area contributed by atoms with E-state index in [2.05, 4.69) is 30.8 Å². The molecule has 1 atom stereocenters. The van der Waals surface area contributed by atoms with Gasteiger partial charge >= 0.3 is 0 Å². The van der Waals surface area contributed by atoms with Crippen LogP contribution in [0.3, 0.4) is 0 Å². The number of halogens is 1. The minimum Gasteiger partial charge on any atom is -0.388 e. The van der Waals surface area contributed by atoms with Crippen molar-refractivity contribution in [2.75, 3.05) is 40.3 Å². The molecule has 1 rings (SSSR count). The predicted octanol–water partition coefficient (Wildman–Crippen LogP) is 3.04. The van der Waals surface area contributed by atoms with Crippen molar-refractivity contribution in [2.24, 2.45) is 0 Å². The molecule has 0 aliphatic heterocycles. The molecular weight excluding hydrogens is 272 g/mol. The fourth-order valence-corrected chi connectivity index (χ4v) is 2.32. The van der Waals surface area contributed by atoms with Crippen molar-refractivity contribution in [3.8, 4) is 0 Å². The summed E-state index contributed by atoms with van der Waals surface area (Å²) in [6, 6.07) is 7.45. The zero-order valence-electron chi connectivity index (χ0n) is 12.8. The summed E-state index contributed by atoms with van der Waals surface area (Å²) in [5.74, 6) is 0. The van der Waals surface area contributed by atoms with Crippen molar-refractivity contribution in [3.05, 3.63) is 34.9 Å². The number of rotatable bonds is 9. The Hall–Kier alpha value is -0.610. The third-order valence-corrected chi connectivity index (χ3v) is 3.75. The monoisotopic (exact) mass is 298 g/mol. The standard InChI is InChI=1S/C16H27ClN2O/c1-4-19(12-5-11-18(2)3)13-10-16(20)14-6-8-15(17)9-7-14/h6-9,16,20H,4-5,10-13H2,1-3H3. The smallest absolute Gasteiger partial charge is 0.0802 e. The lowest BCUT2D eigenvalue weighted by atomic mass is 10.1. The minimum absolute atomic E-state index is 0.407. The molecule has 0 bridgehead atoms. The van der Waals surface area contributed by atoms with Crippen LogP contribution >= 0.6 is 11.6 Å². The Morgan fingerprint density at radius 3 is 2.30 bits per heavy atom. The van der Waals surface area contributed by atoms with Gasteiger partial charge in [-0.25, -0.2) is 0 Å². The van der Waals surface area contributed by atoms with E-state index in [9.17, 15) is 5.11 Å². The van der Waals surface area contributed by atoms with Crippen molar-refractivity contribution in [1.82, 2.24) is 9.80 Å².